The highest BCUT2D eigenvalue weighted by Gasteiger charge is 2.33. The van der Waals surface area contributed by atoms with Gasteiger partial charge in [0.05, 0.1) is 19.3 Å². The second-order valence-corrected chi connectivity index (χ2v) is 11.7. The van der Waals surface area contributed by atoms with Crippen molar-refractivity contribution in [2.24, 2.45) is 0 Å². The van der Waals surface area contributed by atoms with E-state index in [9.17, 15) is 0 Å². The predicted molar refractivity (Wildman–Crippen MR) is 128 cm³/mol. The molecule has 0 bridgehead atoms. The lowest BCUT2D eigenvalue weighted by molar-refractivity contribution is -0.0543. The van der Waals surface area contributed by atoms with Gasteiger partial charge >= 0.3 is 0 Å². The van der Waals surface area contributed by atoms with Crippen LogP contribution in [0.25, 0.3) is 10.2 Å². The molecule has 1 aromatic carbocycles. The van der Waals surface area contributed by atoms with Gasteiger partial charge in [0, 0.05) is 27.7 Å². The van der Waals surface area contributed by atoms with Crippen molar-refractivity contribution in [2.45, 2.75) is 73.9 Å². The highest BCUT2D eigenvalue weighted by Crippen LogP contribution is 2.43. The molecule has 2 aromatic heterocycles. The van der Waals surface area contributed by atoms with Gasteiger partial charge in [-0.2, -0.15) is 0 Å². The van der Waals surface area contributed by atoms with Gasteiger partial charge in [-0.15, -0.1) is 23.1 Å². The highest BCUT2D eigenvalue weighted by molar-refractivity contribution is 8.00. The van der Waals surface area contributed by atoms with Crippen molar-refractivity contribution in [3.05, 3.63) is 40.3 Å². The summed E-state index contributed by atoms with van der Waals surface area (Å²) in [5.41, 5.74) is 2.55. The zero-order valence-corrected chi connectivity index (χ0v) is 20.6. The Morgan fingerprint density at radius 3 is 2.67 bits per heavy atom. The Morgan fingerprint density at radius 2 is 2.00 bits per heavy atom. The van der Waals surface area contributed by atoms with Crippen LogP contribution in [0.4, 0.5) is 0 Å². The fourth-order valence-electron chi connectivity index (χ4n) is 3.49. The van der Waals surface area contributed by atoms with Crippen LogP contribution in [0.15, 0.2) is 34.4 Å². The molecular formula is C23H28N2O2S3. The third-order valence-electron chi connectivity index (χ3n) is 5.41. The maximum absolute atomic E-state index is 6.19. The number of ether oxygens (including phenoxy) is 2. The van der Waals surface area contributed by atoms with E-state index < -0.39 is 0 Å². The lowest BCUT2D eigenvalue weighted by atomic mass is 9.90. The molecule has 1 atom stereocenters. The van der Waals surface area contributed by atoms with E-state index in [1.165, 1.54) is 21.4 Å². The molecule has 30 heavy (non-hydrogen) atoms. The Morgan fingerprint density at radius 1 is 1.23 bits per heavy atom. The molecule has 0 radical (unpaired) electrons. The Kier molecular flexibility index (Phi) is 6.63. The monoisotopic (exact) mass is 460 g/mol. The first-order chi connectivity index (χ1) is 14.4. The smallest absolute Gasteiger partial charge is 0.190 e. The predicted octanol–water partition coefficient (Wildman–Crippen LogP) is 6.73. The van der Waals surface area contributed by atoms with Gasteiger partial charge in [0.1, 0.15) is 15.6 Å². The molecular weight excluding hydrogens is 432 g/mol. The summed E-state index contributed by atoms with van der Waals surface area (Å²) < 4.78 is 11.5. The molecule has 7 heteroatoms. The summed E-state index contributed by atoms with van der Waals surface area (Å²) in [5.74, 6) is 1.75. The number of methoxy groups -OCH3 is 1. The summed E-state index contributed by atoms with van der Waals surface area (Å²) in [7, 11) is 1.70. The molecule has 3 aromatic rings. The van der Waals surface area contributed by atoms with Crippen molar-refractivity contribution in [1.29, 1.82) is 0 Å². The van der Waals surface area contributed by atoms with Gasteiger partial charge in [-0.3, -0.25) is 0 Å². The number of thiophene rings is 1. The Labute approximate surface area is 191 Å². The number of aromatic nitrogens is 2. The zero-order chi connectivity index (χ0) is 21.3. The summed E-state index contributed by atoms with van der Waals surface area (Å²) in [4.78, 5) is 12.3. The summed E-state index contributed by atoms with van der Waals surface area (Å²) in [5, 5.41) is 3.65. The first-order valence-corrected chi connectivity index (χ1v) is 13.0. The Hall–Kier alpha value is -1.28. The summed E-state index contributed by atoms with van der Waals surface area (Å²) in [6.45, 7) is 9.46. The van der Waals surface area contributed by atoms with Gasteiger partial charge in [-0.1, -0.05) is 44.7 Å². The second-order valence-electron chi connectivity index (χ2n) is 8.07. The third-order valence-corrected chi connectivity index (χ3v) is 8.42. The largest absolute Gasteiger partial charge is 0.497 e. The van der Waals surface area contributed by atoms with E-state index >= 15 is 0 Å². The third kappa shape index (κ3) is 4.64. The molecule has 0 spiro atoms. The van der Waals surface area contributed by atoms with Gasteiger partial charge < -0.3 is 9.47 Å². The summed E-state index contributed by atoms with van der Waals surface area (Å²) in [6, 6.07) is 8.28. The van der Waals surface area contributed by atoms with Crippen molar-refractivity contribution in [2.75, 3.05) is 7.11 Å². The van der Waals surface area contributed by atoms with Gasteiger partial charge in [0.15, 0.2) is 5.16 Å². The summed E-state index contributed by atoms with van der Waals surface area (Å²) >= 11 is 5.30. The van der Waals surface area contributed by atoms with Crippen LogP contribution in [0, 0.1) is 0 Å². The number of rotatable bonds is 7. The molecule has 0 amide bonds. The molecule has 0 saturated carbocycles. The lowest BCUT2D eigenvalue weighted by Gasteiger charge is -2.33. The van der Waals surface area contributed by atoms with E-state index in [0.717, 1.165) is 39.4 Å². The van der Waals surface area contributed by atoms with E-state index in [1.54, 1.807) is 42.0 Å². The molecule has 4 rings (SSSR count). The van der Waals surface area contributed by atoms with Crippen LogP contribution in [-0.4, -0.2) is 27.9 Å². The molecule has 0 fully saturated rings. The molecule has 1 aliphatic rings. The molecule has 0 aliphatic carbocycles. The number of hydrogen-bond donors (Lipinski definition) is 0. The summed E-state index contributed by atoms with van der Waals surface area (Å²) in [6.07, 6.45) is 1.93. The van der Waals surface area contributed by atoms with Crippen molar-refractivity contribution >= 4 is 45.1 Å². The maximum Gasteiger partial charge on any atom is 0.190 e. The minimum atomic E-state index is -0.107. The molecule has 1 unspecified atom stereocenters. The number of hydrogen-bond acceptors (Lipinski definition) is 7. The highest BCUT2D eigenvalue weighted by atomic mass is 32.2. The van der Waals surface area contributed by atoms with Gasteiger partial charge in [-0.05, 0) is 36.6 Å². The van der Waals surface area contributed by atoms with Crippen molar-refractivity contribution in [3.63, 3.8) is 0 Å². The van der Waals surface area contributed by atoms with Gasteiger partial charge in [0.2, 0.25) is 0 Å². The quantitative estimate of drug-likeness (QED) is 0.221. The number of fused-ring (bicyclic) bond motifs is 3. The number of thioether (sulfide) groups is 2. The topological polar surface area (TPSA) is 44.2 Å². The Balaban J connectivity index is 1.72. The fourth-order valence-corrected chi connectivity index (χ4v) is 6.49. The molecule has 0 N–H and O–H groups in total. The van der Waals surface area contributed by atoms with Crippen LogP contribution in [0.1, 0.15) is 50.1 Å². The minimum absolute atomic E-state index is 0.107. The van der Waals surface area contributed by atoms with Crippen LogP contribution in [0.5, 0.6) is 5.75 Å². The standard InChI is InChI=1S/C23H28N2O2S3/c1-6-23(4)11-17-18(12-27-23)30-21-19(17)20(24-22(25-21)29-14(2)3)28-13-15-7-9-16(26-5)10-8-15/h7-10,14H,6,11-13H2,1-5H3. The molecule has 0 saturated heterocycles. The van der Waals surface area contributed by atoms with Crippen LogP contribution >= 0.6 is 34.9 Å². The zero-order valence-electron chi connectivity index (χ0n) is 18.2. The minimum Gasteiger partial charge on any atom is -0.497 e. The molecule has 4 nitrogen and oxygen atoms in total. The molecule has 160 valence electrons. The van der Waals surface area contributed by atoms with E-state index in [0.29, 0.717) is 11.9 Å². The van der Waals surface area contributed by atoms with Gasteiger partial charge in [-0.25, -0.2) is 9.97 Å². The van der Waals surface area contributed by atoms with E-state index in [2.05, 4.69) is 39.8 Å². The van der Waals surface area contributed by atoms with E-state index in [4.69, 9.17) is 19.4 Å². The first kappa shape index (κ1) is 21.9. The van der Waals surface area contributed by atoms with Crippen LogP contribution in [0.2, 0.25) is 0 Å². The second kappa shape index (κ2) is 9.07. The fraction of sp³-hybridized carbons (Fsp3) is 0.478. The van der Waals surface area contributed by atoms with Crippen LogP contribution in [-0.2, 0) is 23.5 Å². The first-order valence-electron chi connectivity index (χ1n) is 10.3. The SMILES string of the molecule is CCC1(C)Cc2c(sc3nc(SC(C)C)nc(SCc4ccc(OC)cc4)c23)CO1. The van der Waals surface area contributed by atoms with Crippen molar-refractivity contribution in [3.8, 4) is 5.75 Å². The normalized spacial score (nSPS) is 18.7. The van der Waals surface area contributed by atoms with Crippen LogP contribution < -0.4 is 4.74 Å². The van der Waals surface area contributed by atoms with Crippen molar-refractivity contribution < 1.29 is 9.47 Å². The lowest BCUT2D eigenvalue weighted by Crippen LogP contribution is -2.33. The van der Waals surface area contributed by atoms with Crippen molar-refractivity contribution in [1.82, 2.24) is 9.97 Å². The average molecular weight is 461 g/mol. The molecule has 1 aliphatic heterocycles. The maximum atomic E-state index is 6.19. The van der Waals surface area contributed by atoms with Gasteiger partial charge in [0.25, 0.3) is 0 Å². The molecule has 3 heterocycles. The average Bonchev–Trinajstić information content (AvgIpc) is 3.09. The van der Waals surface area contributed by atoms with Crippen LogP contribution in [0.3, 0.4) is 0 Å². The van der Waals surface area contributed by atoms with E-state index in [-0.39, 0.29) is 5.60 Å². The number of benzene rings is 1. The van der Waals surface area contributed by atoms with E-state index in [1.807, 2.05) is 12.1 Å². The Bertz CT molecular complexity index is 1030. The number of nitrogens with zero attached hydrogens (tertiary/aromatic N) is 2.